The molecule has 0 aliphatic heterocycles. The number of aryl methyl sites for hydroxylation is 1. The van der Waals surface area contributed by atoms with Gasteiger partial charge in [0.1, 0.15) is 17.5 Å². The van der Waals surface area contributed by atoms with E-state index in [1.807, 2.05) is 43.3 Å². The Morgan fingerprint density at radius 1 is 1.38 bits per heavy atom. The van der Waals surface area contributed by atoms with E-state index in [1.54, 1.807) is 12.4 Å². The first-order valence-electron chi connectivity index (χ1n) is 9.47. The van der Waals surface area contributed by atoms with Crippen LogP contribution in [0.25, 0.3) is 10.1 Å². The summed E-state index contributed by atoms with van der Waals surface area (Å²) in [6, 6.07) is 7.54. The predicted molar refractivity (Wildman–Crippen MR) is 115 cm³/mol. The maximum Gasteiger partial charge on any atom is 0.350 e. The molecule has 1 atom stereocenters. The van der Waals surface area contributed by atoms with Crippen LogP contribution >= 0.6 is 11.3 Å². The highest BCUT2D eigenvalue weighted by atomic mass is 32.1. The number of likely N-dealkylation sites (N-methyl/N-ethyl adjacent to an activating group) is 1. The lowest BCUT2D eigenvalue weighted by molar-refractivity contribution is 0.0488. The number of nitroso groups, excluding NO2 is 1. The van der Waals surface area contributed by atoms with Crippen molar-refractivity contribution in [1.29, 1.82) is 0 Å². The van der Waals surface area contributed by atoms with E-state index in [0.717, 1.165) is 45.4 Å². The molecule has 8 heteroatoms. The molecule has 7 nitrogen and oxygen atoms in total. The number of carbonyl (C=O) groups is 1. The molecular formula is C21H22N4O3S. The standard InChI is InChI=1S/C21H22N4O3S/c1-25(2)9-10-28-21(26)20-19(16-7-8-22-12-18(16)29-20)23-14-4-5-15-13(11-14)3-6-17(15)24-27/h4-5,7-8,11-12,17,23H,3,6,9-10H2,1-2H3. The number of nitrogens with zero attached hydrogens (tertiary/aromatic N) is 3. The molecule has 1 N–H and O–H groups in total. The molecule has 2 heterocycles. The van der Waals surface area contributed by atoms with E-state index >= 15 is 0 Å². The molecule has 29 heavy (non-hydrogen) atoms. The van der Waals surface area contributed by atoms with E-state index in [1.165, 1.54) is 11.3 Å². The number of hydrogen-bond acceptors (Lipinski definition) is 8. The van der Waals surface area contributed by atoms with E-state index < -0.39 is 0 Å². The smallest absolute Gasteiger partial charge is 0.350 e. The van der Waals surface area contributed by atoms with E-state index in [0.29, 0.717) is 18.0 Å². The topological polar surface area (TPSA) is 83.9 Å². The van der Waals surface area contributed by atoms with Crippen molar-refractivity contribution in [1.82, 2.24) is 9.88 Å². The highest BCUT2D eigenvalue weighted by molar-refractivity contribution is 7.21. The summed E-state index contributed by atoms with van der Waals surface area (Å²) in [5, 5.41) is 7.54. The number of fused-ring (bicyclic) bond motifs is 2. The average Bonchev–Trinajstić information content (AvgIpc) is 3.29. The van der Waals surface area contributed by atoms with Crippen LogP contribution in [0.15, 0.2) is 41.8 Å². The van der Waals surface area contributed by atoms with Crippen LogP contribution in [-0.4, -0.2) is 43.1 Å². The Kier molecular flexibility index (Phi) is 5.55. The lowest BCUT2D eigenvalue weighted by atomic mass is 10.1. The molecule has 2 aromatic heterocycles. The van der Waals surface area contributed by atoms with Gasteiger partial charge in [0.05, 0.1) is 10.4 Å². The maximum absolute atomic E-state index is 12.7. The third-order valence-electron chi connectivity index (χ3n) is 5.04. The fourth-order valence-electron chi connectivity index (χ4n) is 3.53. The molecule has 0 bridgehead atoms. The summed E-state index contributed by atoms with van der Waals surface area (Å²) >= 11 is 1.37. The first kappa shape index (κ1) is 19.5. The van der Waals surface area contributed by atoms with Crippen LogP contribution in [0.3, 0.4) is 0 Å². The molecule has 1 aliphatic rings. The Hall–Kier alpha value is -2.84. The number of benzene rings is 1. The Labute approximate surface area is 172 Å². The normalized spacial score (nSPS) is 15.5. The van der Waals surface area contributed by atoms with Crippen LogP contribution in [0.4, 0.5) is 11.4 Å². The van der Waals surface area contributed by atoms with Crippen LogP contribution in [-0.2, 0) is 11.2 Å². The van der Waals surface area contributed by atoms with Crippen molar-refractivity contribution < 1.29 is 9.53 Å². The number of anilines is 2. The van der Waals surface area contributed by atoms with Gasteiger partial charge in [-0.25, -0.2) is 4.79 Å². The number of hydrogen-bond donors (Lipinski definition) is 1. The molecule has 0 radical (unpaired) electrons. The van der Waals surface area contributed by atoms with E-state index in [2.05, 4.69) is 15.5 Å². The minimum Gasteiger partial charge on any atom is -0.460 e. The van der Waals surface area contributed by atoms with Crippen molar-refractivity contribution in [2.45, 2.75) is 18.9 Å². The first-order valence-corrected chi connectivity index (χ1v) is 10.3. The second-order valence-electron chi connectivity index (χ2n) is 7.32. The SMILES string of the molecule is CN(C)CCOC(=O)c1sc2cnccc2c1Nc1ccc2c(c1)CCC2N=O. The number of thiophene rings is 1. The zero-order valence-electron chi connectivity index (χ0n) is 16.3. The van der Waals surface area contributed by atoms with Crippen molar-refractivity contribution in [2.75, 3.05) is 32.6 Å². The minimum absolute atomic E-state index is 0.255. The second-order valence-corrected chi connectivity index (χ2v) is 8.37. The number of ether oxygens (including phenoxy) is 1. The van der Waals surface area contributed by atoms with E-state index in [9.17, 15) is 9.70 Å². The maximum atomic E-state index is 12.7. The molecule has 0 saturated heterocycles. The van der Waals surface area contributed by atoms with Gasteiger partial charge in [0, 0.05) is 30.0 Å². The molecule has 1 aromatic carbocycles. The lowest BCUT2D eigenvalue weighted by Crippen LogP contribution is -2.20. The predicted octanol–water partition coefficient (Wildman–Crippen LogP) is 4.51. The average molecular weight is 410 g/mol. The summed E-state index contributed by atoms with van der Waals surface area (Å²) in [7, 11) is 3.87. The summed E-state index contributed by atoms with van der Waals surface area (Å²) in [4.78, 5) is 30.4. The Morgan fingerprint density at radius 2 is 2.24 bits per heavy atom. The van der Waals surface area contributed by atoms with Gasteiger partial charge in [-0.2, -0.15) is 4.91 Å². The number of esters is 1. The lowest BCUT2D eigenvalue weighted by Gasteiger charge is -2.12. The highest BCUT2D eigenvalue weighted by Crippen LogP contribution is 2.40. The summed E-state index contributed by atoms with van der Waals surface area (Å²) in [6.07, 6.45) is 5.04. The number of aromatic nitrogens is 1. The molecule has 0 saturated carbocycles. The molecule has 0 fully saturated rings. The van der Waals surface area contributed by atoms with Gasteiger partial charge in [-0.05, 0) is 56.3 Å². The monoisotopic (exact) mass is 410 g/mol. The molecule has 3 aromatic rings. The number of carbonyl (C=O) groups excluding carboxylic acids is 1. The van der Waals surface area contributed by atoms with Crippen LogP contribution < -0.4 is 5.32 Å². The Bertz CT molecular complexity index is 1060. The van der Waals surface area contributed by atoms with Crippen molar-refractivity contribution >= 4 is 38.8 Å². The van der Waals surface area contributed by atoms with Crippen LogP contribution in [0.2, 0.25) is 0 Å². The molecular weight excluding hydrogens is 388 g/mol. The third-order valence-corrected chi connectivity index (χ3v) is 6.16. The van der Waals surface area contributed by atoms with Gasteiger partial charge in [0.15, 0.2) is 0 Å². The quantitative estimate of drug-likeness (QED) is 0.456. The summed E-state index contributed by atoms with van der Waals surface area (Å²) < 4.78 is 6.39. The Morgan fingerprint density at radius 3 is 3.03 bits per heavy atom. The van der Waals surface area contributed by atoms with Gasteiger partial charge in [-0.1, -0.05) is 11.2 Å². The second kappa shape index (κ2) is 8.26. The van der Waals surface area contributed by atoms with Gasteiger partial charge < -0.3 is 15.0 Å². The Balaban J connectivity index is 1.64. The largest absolute Gasteiger partial charge is 0.460 e. The molecule has 1 aliphatic carbocycles. The molecule has 150 valence electrons. The summed E-state index contributed by atoms with van der Waals surface area (Å²) in [5.41, 5.74) is 3.71. The molecule has 4 rings (SSSR count). The third kappa shape index (κ3) is 3.99. The van der Waals surface area contributed by atoms with Gasteiger partial charge >= 0.3 is 5.97 Å². The van der Waals surface area contributed by atoms with Crippen LogP contribution in [0.1, 0.15) is 33.3 Å². The number of rotatable bonds is 7. The van der Waals surface area contributed by atoms with Gasteiger partial charge in [0.2, 0.25) is 0 Å². The van der Waals surface area contributed by atoms with Gasteiger partial charge in [0.25, 0.3) is 0 Å². The number of nitrogens with one attached hydrogen (secondary N) is 1. The summed E-state index contributed by atoms with van der Waals surface area (Å²) in [5.74, 6) is -0.345. The van der Waals surface area contributed by atoms with Crippen molar-refractivity contribution in [3.8, 4) is 0 Å². The number of pyridine rings is 1. The highest BCUT2D eigenvalue weighted by Gasteiger charge is 2.24. The zero-order chi connectivity index (χ0) is 20.4. The first-order chi connectivity index (χ1) is 14.1. The molecule has 1 unspecified atom stereocenters. The van der Waals surface area contributed by atoms with Crippen molar-refractivity contribution in [3.05, 3.63) is 57.6 Å². The molecule has 0 spiro atoms. The molecule has 0 amide bonds. The fraction of sp³-hybridized carbons (Fsp3) is 0.333. The van der Waals surface area contributed by atoms with E-state index in [-0.39, 0.29) is 12.0 Å². The summed E-state index contributed by atoms with van der Waals surface area (Å²) in [6.45, 7) is 0.994. The van der Waals surface area contributed by atoms with Gasteiger partial charge in [-0.3, -0.25) is 4.98 Å². The van der Waals surface area contributed by atoms with Gasteiger partial charge in [-0.15, -0.1) is 11.3 Å². The van der Waals surface area contributed by atoms with E-state index in [4.69, 9.17) is 4.74 Å². The van der Waals surface area contributed by atoms with Crippen LogP contribution in [0, 0.1) is 4.91 Å². The zero-order valence-corrected chi connectivity index (χ0v) is 17.2. The van der Waals surface area contributed by atoms with Crippen LogP contribution in [0.5, 0.6) is 0 Å². The fourth-order valence-corrected chi connectivity index (χ4v) is 4.55. The van der Waals surface area contributed by atoms with Crippen molar-refractivity contribution in [2.24, 2.45) is 5.18 Å². The minimum atomic E-state index is -0.345. The van der Waals surface area contributed by atoms with Crippen molar-refractivity contribution in [3.63, 3.8) is 0 Å².